The highest BCUT2D eigenvalue weighted by atomic mass is 19.1. The van der Waals surface area contributed by atoms with Crippen LogP contribution in [0.4, 0.5) is 8.78 Å². The zero-order valence-corrected chi connectivity index (χ0v) is 17.1. The van der Waals surface area contributed by atoms with E-state index in [4.69, 9.17) is 15.6 Å². The minimum Gasteiger partial charge on any atom is -0.489 e. The Balaban J connectivity index is 1.92. The lowest BCUT2D eigenvalue weighted by molar-refractivity contribution is -0.136. The minimum atomic E-state index is -0.943. The number of aryl methyl sites for hydroxylation is 1. The standard InChI is InChI=1S/C25H25F2NO3/c26-10-4-5-17-11-18(16-31-23-9-2-1-6-19(23)14-24(29)30)13-21(12-17)22-8-3-7-20(15-28)25(22)27/h1-3,6-9,11-13H,4-5,10,14-16,28H2,(H,29,30). The van der Waals surface area contributed by atoms with Crippen LogP contribution in [-0.2, 0) is 30.8 Å². The number of para-hydroxylation sites is 1. The first kappa shape index (κ1) is 22.4. The number of carbonyl (C=O) groups is 1. The summed E-state index contributed by atoms with van der Waals surface area (Å²) in [4.78, 5) is 11.1. The van der Waals surface area contributed by atoms with Crippen LogP contribution in [0.3, 0.4) is 0 Å². The van der Waals surface area contributed by atoms with E-state index in [0.29, 0.717) is 40.8 Å². The lowest BCUT2D eigenvalue weighted by atomic mass is 9.96. The number of hydrogen-bond acceptors (Lipinski definition) is 3. The molecule has 3 N–H and O–H groups in total. The fraction of sp³-hybridized carbons (Fsp3) is 0.240. The molecule has 31 heavy (non-hydrogen) atoms. The van der Waals surface area contributed by atoms with Crippen LogP contribution in [0.2, 0.25) is 0 Å². The molecule has 0 radical (unpaired) electrons. The summed E-state index contributed by atoms with van der Waals surface area (Å²) in [5, 5.41) is 9.10. The van der Waals surface area contributed by atoms with Gasteiger partial charge in [0, 0.05) is 23.2 Å². The van der Waals surface area contributed by atoms with Crippen LogP contribution in [0.1, 0.15) is 28.7 Å². The average molecular weight is 425 g/mol. The summed E-state index contributed by atoms with van der Waals surface area (Å²) in [6.45, 7) is -0.168. The smallest absolute Gasteiger partial charge is 0.307 e. The molecule has 0 spiro atoms. The molecule has 0 unspecified atom stereocenters. The van der Waals surface area contributed by atoms with Gasteiger partial charge in [-0.15, -0.1) is 0 Å². The molecule has 0 saturated heterocycles. The molecule has 0 fully saturated rings. The van der Waals surface area contributed by atoms with Crippen molar-refractivity contribution < 1.29 is 23.4 Å². The molecule has 0 aliphatic heterocycles. The van der Waals surface area contributed by atoms with Crippen molar-refractivity contribution in [3.8, 4) is 16.9 Å². The number of nitrogens with two attached hydrogens (primary N) is 1. The number of aliphatic carboxylic acids is 1. The molecule has 3 aromatic carbocycles. The van der Waals surface area contributed by atoms with Gasteiger partial charge in [-0.1, -0.05) is 48.5 Å². The summed E-state index contributed by atoms with van der Waals surface area (Å²) >= 11 is 0. The maximum Gasteiger partial charge on any atom is 0.307 e. The lowest BCUT2D eigenvalue weighted by Crippen LogP contribution is -2.05. The fourth-order valence-corrected chi connectivity index (χ4v) is 3.49. The molecular formula is C25H25F2NO3. The quantitative estimate of drug-likeness (QED) is 0.476. The van der Waals surface area contributed by atoms with E-state index < -0.39 is 12.6 Å². The number of carboxylic acid groups (broad SMARTS) is 1. The first-order valence-electron chi connectivity index (χ1n) is 10.1. The Morgan fingerprint density at radius 2 is 1.74 bits per heavy atom. The third-order valence-electron chi connectivity index (χ3n) is 4.97. The Bertz CT molecular complexity index is 1050. The monoisotopic (exact) mass is 425 g/mol. The van der Waals surface area contributed by atoms with Gasteiger partial charge >= 0.3 is 5.97 Å². The number of alkyl halides is 1. The summed E-state index contributed by atoms with van der Waals surface area (Å²) in [5.41, 5.74) is 9.40. The van der Waals surface area contributed by atoms with Crippen molar-refractivity contribution >= 4 is 5.97 Å². The summed E-state index contributed by atoms with van der Waals surface area (Å²) in [6.07, 6.45) is 0.747. The number of carboxylic acids is 1. The van der Waals surface area contributed by atoms with Gasteiger partial charge < -0.3 is 15.6 Å². The summed E-state index contributed by atoms with van der Waals surface area (Å²) in [7, 11) is 0. The first-order chi connectivity index (χ1) is 15.0. The summed E-state index contributed by atoms with van der Waals surface area (Å²) in [5.74, 6) is -0.829. The highest BCUT2D eigenvalue weighted by Crippen LogP contribution is 2.28. The van der Waals surface area contributed by atoms with Crippen LogP contribution in [-0.4, -0.2) is 17.8 Å². The zero-order chi connectivity index (χ0) is 22.2. The zero-order valence-electron chi connectivity index (χ0n) is 17.1. The van der Waals surface area contributed by atoms with E-state index in [1.165, 1.54) is 0 Å². The number of ether oxygens (including phenoxy) is 1. The Kier molecular flexibility index (Phi) is 7.73. The predicted octanol–water partition coefficient (Wildman–Crippen LogP) is 5.06. The molecule has 4 nitrogen and oxygen atoms in total. The van der Waals surface area contributed by atoms with Crippen LogP contribution in [0.5, 0.6) is 5.75 Å². The van der Waals surface area contributed by atoms with E-state index in [1.807, 2.05) is 18.2 Å². The van der Waals surface area contributed by atoms with Crippen molar-refractivity contribution in [2.24, 2.45) is 5.73 Å². The number of benzene rings is 3. The molecular weight excluding hydrogens is 400 g/mol. The van der Waals surface area contributed by atoms with Crippen LogP contribution in [0, 0.1) is 5.82 Å². The summed E-state index contributed by atoms with van der Waals surface area (Å²) in [6, 6.07) is 17.7. The Morgan fingerprint density at radius 1 is 1.00 bits per heavy atom. The van der Waals surface area contributed by atoms with Gasteiger partial charge in [-0.3, -0.25) is 9.18 Å². The Hall–Kier alpha value is -3.25. The van der Waals surface area contributed by atoms with Gasteiger partial charge in [0.2, 0.25) is 0 Å². The van der Waals surface area contributed by atoms with Crippen molar-refractivity contribution in [3.05, 3.63) is 88.7 Å². The molecule has 0 bridgehead atoms. The molecule has 0 aliphatic rings. The second kappa shape index (κ2) is 10.7. The number of halogens is 2. The van der Waals surface area contributed by atoms with Crippen LogP contribution >= 0.6 is 0 Å². The van der Waals surface area contributed by atoms with Gasteiger partial charge in [0.1, 0.15) is 18.2 Å². The van der Waals surface area contributed by atoms with Crippen LogP contribution < -0.4 is 10.5 Å². The van der Waals surface area contributed by atoms with E-state index in [2.05, 4.69) is 0 Å². The molecule has 0 saturated carbocycles. The molecule has 0 aliphatic carbocycles. The van der Waals surface area contributed by atoms with Crippen molar-refractivity contribution in [1.29, 1.82) is 0 Å². The normalized spacial score (nSPS) is 10.8. The number of rotatable bonds is 10. The fourth-order valence-electron chi connectivity index (χ4n) is 3.49. The molecule has 3 rings (SSSR count). The van der Waals surface area contributed by atoms with Gasteiger partial charge in [-0.2, -0.15) is 0 Å². The van der Waals surface area contributed by atoms with Gasteiger partial charge in [0.15, 0.2) is 0 Å². The highest BCUT2D eigenvalue weighted by Gasteiger charge is 2.12. The van der Waals surface area contributed by atoms with Crippen LogP contribution in [0.25, 0.3) is 11.1 Å². The Labute approximate surface area is 180 Å². The van der Waals surface area contributed by atoms with E-state index in [9.17, 15) is 13.6 Å². The van der Waals surface area contributed by atoms with Gasteiger partial charge in [0.25, 0.3) is 0 Å². The third-order valence-corrected chi connectivity index (χ3v) is 4.97. The van der Waals surface area contributed by atoms with Crippen molar-refractivity contribution in [2.45, 2.75) is 32.4 Å². The highest BCUT2D eigenvalue weighted by molar-refractivity contribution is 5.71. The van der Waals surface area contributed by atoms with Crippen molar-refractivity contribution in [2.75, 3.05) is 6.67 Å². The Morgan fingerprint density at radius 3 is 2.48 bits per heavy atom. The third kappa shape index (κ3) is 5.89. The van der Waals surface area contributed by atoms with Crippen LogP contribution in [0.15, 0.2) is 60.7 Å². The maximum atomic E-state index is 14.9. The molecule has 162 valence electrons. The molecule has 0 atom stereocenters. The van der Waals surface area contributed by atoms with Gasteiger partial charge in [-0.25, -0.2) is 4.39 Å². The molecule has 0 aromatic heterocycles. The minimum absolute atomic E-state index is 0.0948. The van der Waals surface area contributed by atoms with E-state index in [0.717, 1.165) is 11.1 Å². The van der Waals surface area contributed by atoms with E-state index in [1.54, 1.807) is 42.5 Å². The molecule has 0 heterocycles. The second-order valence-corrected chi connectivity index (χ2v) is 7.28. The molecule has 3 aromatic rings. The lowest BCUT2D eigenvalue weighted by Gasteiger charge is -2.14. The molecule has 0 amide bonds. The summed E-state index contributed by atoms with van der Waals surface area (Å²) < 4.78 is 33.5. The topological polar surface area (TPSA) is 72.5 Å². The SMILES string of the molecule is NCc1cccc(-c2cc(CCCF)cc(COc3ccccc3CC(=O)O)c2)c1F. The number of hydrogen-bond donors (Lipinski definition) is 2. The van der Waals surface area contributed by atoms with Gasteiger partial charge in [0.05, 0.1) is 13.1 Å². The molecule has 6 heteroatoms. The van der Waals surface area contributed by atoms with E-state index >= 15 is 0 Å². The first-order valence-corrected chi connectivity index (χ1v) is 10.1. The predicted molar refractivity (Wildman–Crippen MR) is 116 cm³/mol. The second-order valence-electron chi connectivity index (χ2n) is 7.28. The van der Waals surface area contributed by atoms with Crippen molar-refractivity contribution in [3.63, 3.8) is 0 Å². The van der Waals surface area contributed by atoms with Gasteiger partial charge in [-0.05, 0) is 41.7 Å². The average Bonchev–Trinajstić information content (AvgIpc) is 2.76. The van der Waals surface area contributed by atoms with E-state index in [-0.39, 0.29) is 25.4 Å². The largest absolute Gasteiger partial charge is 0.489 e. The maximum absolute atomic E-state index is 14.9. The van der Waals surface area contributed by atoms with Crippen molar-refractivity contribution in [1.82, 2.24) is 0 Å².